The summed E-state index contributed by atoms with van der Waals surface area (Å²) >= 11 is 0. The van der Waals surface area contributed by atoms with E-state index in [0.29, 0.717) is 11.1 Å². The summed E-state index contributed by atoms with van der Waals surface area (Å²) in [6.07, 6.45) is 0. The third-order valence-electron chi connectivity index (χ3n) is 4.35. The zero-order chi connectivity index (χ0) is 20.6. The maximum absolute atomic E-state index is 13.3. The second-order valence-electron chi connectivity index (χ2n) is 6.14. The minimum absolute atomic E-state index is 0.205. The quantitative estimate of drug-likeness (QED) is 0.548. The van der Waals surface area contributed by atoms with Gasteiger partial charge in [-0.1, -0.05) is 30.3 Å². The third-order valence-corrected chi connectivity index (χ3v) is 4.35. The third kappa shape index (κ3) is 3.23. The number of nitrogen functional groups attached to an aromatic ring is 1. The van der Waals surface area contributed by atoms with Crippen molar-refractivity contribution < 1.29 is 24.2 Å². The summed E-state index contributed by atoms with van der Waals surface area (Å²) in [5.74, 6) is -3.84. The van der Waals surface area contributed by atoms with Crippen molar-refractivity contribution in [2.24, 2.45) is 0 Å². The summed E-state index contributed by atoms with van der Waals surface area (Å²) in [7, 11) is 0. The zero-order valence-corrected chi connectivity index (χ0v) is 14.6. The number of aryl methyl sites for hydroxylation is 1. The second-order valence-corrected chi connectivity index (χ2v) is 6.14. The molecular weight excluding hydrogens is 367 g/mol. The van der Waals surface area contributed by atoms with Gasteiger partial charge in [-0.3, -0.25) is 4.79 Å². The van der Waals surface area contributed by atoms with E-state index in [2.05, 4.69) is 4.98 Å². The molecule has 5 N–H and O–H groups in total. The number of carboxylic acids is 2. The Morgan fingerprint density at radius 2 is 1.54 bits per heavy atom. The van der Waals surface area contributed by atoms with Crippen molar-refractivity contribution in [3.63, 3.8) is 0 Å². The molecular formula is C20H15FN2O5. The highest BCUT2D eigenvalue weighted by Crippen LogP contribution is 2.32. The lowest BCUT2D eigenvalue weighted by molar-refractivity contribution is 0.0695. The number of carbonyl (C=O) groups is 2. The molecule has 2 aromatic carbocycles. The fourth-order valence-corrected chi connectivity index (χ4v) is 3.10. The van der Waals surface area contributed by atoms with Gasteiger partial charge in [0.25, 0.3) is 5.56 Å². The van der Waals surface area contributed by atoms with Crippen LogP contribution in [0.15, 0.2) is 47.3 Å². The van der Waals surface area contributed by atoms with Crippen LogP contribution in [-0.4, -0.2) is 27.1 Å². The largest absolute Gasteiger partial charge is 0.478 e. The Labute approximate surface area is 157 Å². The first-order chi connectivity index (χ1) is 13.2. The normalized spacial score (nSPS) is 10.6. The van der Waals surface area contributed by atoms with Crippen molar-refractivity contribution >= 4 is 17.8 Å². The number of nitrogens with two attached hydrogens (primary N) is 1. The van der Waals surface area contributed by atoms with Crippen LogP contribution >= 0.6 is 0 Å². The van der Waals surface area contributed by atoms with E-state index in [1.807, 2.05) is 0 Å². The average molecular weight is 382 g/mol. The van der Waals surface area contributed by atoms with Gasteiger partial charge in [0.05, 0.1) is 0 Å². The fraction of sp³-hybridized carbons (Fsp3) is 0.0500. The number of aromatic carboxylic acids is 2. The lowest BCUT2D eigenvalue weighted by atomic mass is 9.93. The maximum Gasteiger partial charge on any atom is 0.342 e. The molecule has 1 aromatic heterocycles. The Bertz CT molecular complexity index is 1170. The predicted octanol–water partition coefficient (Wildman–Crippen LogP) is 3.14. The standard InChI is InChI=1S/C20H15FN2O5/c1-9-8-12(21)6-7-13(9)10-2-4-11(5-3-10)14-15(19(25)26)17(22)23-18(24)16(14)20(27)28/h2-8H,1H3,(H,25,26)(H,27,28)(H3,22,23,24). The number of halogens is 1. The van der Waals surface area contributed by atoms with E-state index >= 15 is 0 Å². The van der Waals surface area contributed by atoms with E-state index in [9.17, 15) is 29.0 Å². The van der Waals surface area contributed by atoms with Crippen LogP contribution in [0.1, 0.15) is 26.3 Å². The molecule has 28 heavy (non-hydrogen) atoms. The number of benzene rings is 2. The smallest absolute Gasteiger partial charge is 0.342 e. The van der Waals surface area contributed by atoms with Gasteiger partial charge in [0.15, 0.2) is 0 Å². The van der Waals surface area contributed by atoms with E-state index < -0.39 is 34.4 Å². The molecule has 1 heterocycles. The Hall–Kier alpha value is -3.94. The van der Waals surface area contributed by atoms with Gasteiger partial charge in [0, 0.05) is 5.56 Å². The Kier molecular flexibility index (Phi) is 4.70. The molecule has 0 bridgehead atoms. The average Bonchev–Trinajstić information content (AvgIpc) is 2.60. The minimum atomic E-state index is -1.57. The Morgan fingerprint density at radius 3 is 2.07 bits per heavy atom. The zero-order valence-electron chi connectivity index (χ0n) is 14.6. The minimum Gasteiger partial charge on any atom is -0.478 e. The highest BCUT2D eigenvalue weighted by Gasteiger charge is 2.26. The number of carboxylic acid groups (broad SMARTS) is 2. The topological polar surface area (TPSA) is 133 Å². The predicted molar refractivity (Wildman–Crippen MR) is 101 cm³/mol. The Balaban J connectivity index is 2.23. The molecule has 3 rings (SSSR count). The van der Waals surface area contributed by atoms with Crippen LogP contribution < -0.4 is 11.3 Å². The highest BCUT2D eigenvalue weighted by molar-refractivity contribution is 6.07. The van der Waals surface area contributed by atoms with Crippen molar-refractivity contribution in [1.29, 1.82) is 0 Å². The number of hydrogen-bond donors (Lipinski definition) is 4. The summed E-state index contributed by atoms with van der Waals surface area (Å²) in [6, 6.07) is 10.5. The van der Waals surface area contributed by atoms with Crippen molar-refractivity contribution in [3.8, 4) is 22.3 Å². The molecule has 0 spiro atoms. The molecule has 0 aliphatic carbocycles. The molecule has 0 saturated carbocycles. The molecule has 0 unspecified atom stereocenters. The van der Waals surface area contributed by atoms with Gasteiger partial charge < -0.3 is 20.9 Å². The summed E-state index contributed by atoms with van der Waals surface area (Å²) in [4.78, 5) is 37.3. The van der Waals surface area contributed by atoms with Crippen LogP contribution in [0.5, 0.6) is 0 Å². The monoisotopic (exact) mass is 382 g/mol. The molecule has 0 amide bonds. The van der Waals surface area contributed by atoms with Crippen molar-refractivity contribution in [1.82, 2.24) is 4.98 Å². The highest BCUT2D eigenvalue weighted by atomic mass is 19.1. The van der Waals surface area contributed by atoms with Gasteiger partial charge in [-0.05, 0) is 41.3 Å². The van der Waals surface area contributed by atoms with E-state index in [1.54, 1.807) is 25.1 Å². The number of rotatable bonds is 4. The first-order valence-electron chi connectivity index (χ1n) is 8.10. The van der Waals surface area contributed by atoms with Crippen LogP contribution in [0.2, 0.25) is 0 Å². The van der Waals surface area contributed by atoms with Gasteiger partial charge in [0.2, 0.25) is 0 Å². The van der Waals surface area contributed by atoms with Crippen LogP contribution in [0.4, 0.5) is 10.2 Å². The number of nitrogens with one attached hydrogen (secondary N) is 1. The van der Waals surface area contributed by atoms with Crippen LogP contribution in [0.3, 0.4) is 0 Å². The molecule has 0 radical (unpaired) electrons. The van der Waals surface area contributed by atoms with Gasteiger partial charge in [0.1, 0.15) is 22.8 Å². The molecule has 0 fully saturated rings. The molecule has 7 nitrogen and oxygen atoms in total. The van der Waals surface area contributed by atoms with Gasteiger partial charge in [-0.25, -0.2) is 14.0 Å². The van der Waals surface area contributed by atoms with Crippen LogP contribution in [0, 0.1) is 12.7 Å². The number of hydrogen-bond acceptors (Lipinski definition) is 4. The van der Waals surface area contributed by atoms with E-state index in [0.717, 1.165) is 5.56 Å². The lowest BCUT2D eigenvalue weighted by Crippen LogP contribution is -2.24. The van der Waals surface area contributed by atoms with Gasteiger partial charge in [-0.15, -0.1) is 0 Å². The SMILES string of the molecule is Cc1cc(F)ccc1-c1ccc(-c2c(C(=O)O)c(N)[nH]c(=O)c2C(=O)O)cc1. The second kappa shape index (κ2) is 6.99. The lowest BCUT2D eigenvalue weighted by Gasteiger charge is -2.13. The number of aromatic nitrogens is 1. The number of aromatic amines is 1. The molecule has 142 valence electrons. The summed E-state index contributed by atoms with van der Waals surface area (Å²) in [6.45, 7) is 1.74. The van der Waals surface area contributed by atoms with Gasteiger partial charge >= 0.3 is 11.9 Å². The molecule has 0 saturated heterocycles. The summed E-state index contributed by atoms with van der Waals surface area (Å²) in [5, 5.41) is 18.9. The summed E-state index contributed by atoms with van der Waals surface area (Å²) < 4.78 is 13.3. The molecule has 8 heteroatoms. The first kappa shape index (κ1) is 18.8. The van der Waals surface area contributed by atoms with E-state index in [4.69, 9.17) is 5.73 Å². The molecule has 3 aromatic rings. The van der Waals surface area contributed by atoms with Crippen LogP contribution in [0.25, 0.3) is 22.3 Å². The Morgan fingerprint density at radius 1 is 0.964 bits per heavy atom. The first-order valence-corrected chi connectivity index (χ1v) is 8.10. The number of anilines is 1. The fourth-order valence-electron chi connectivity index (χ4n) is 3.10. The van der Waals surface area contributed by atoms with Crippen molar-refractivity contribution in [2.75, 3.05) is 5.73 Å². The number of H-pyrrole nitrogens is 1. The van der Waals surface area contributed by atoms with Crippen molar-refractivity contribution in [2.45, 2.75) is 6.92 Å². The van der Waals surface area contributed by atoms with Gasteiger partial charge in [-0.2, -0.15) is 0 Å². The maximum atomic E-state index is 13.3. The molecule has 0 atom stereocenters. The van der Waals surface area contributed by atoms with Crippen LogP contribution in [-0.2, 0) is 0 Å². The van der Waals surface area contributed by atoms with E-state index in [1.165, 1.54) is 24.3 Å². The van der Waals surface area contributed by atoms with Crippen molar-refractivity contribution in [3.05, 3.63) is 75.3 Å². The van der Waals surface area contributed by atoms with E-state index in [-0.39, 0.29) is 16.9 Å². The number of pyridine rings is 1. The summed E-state index contributed by atoms with van der Waals surface area (Å²) in [5.41, 5.74) is 5.52. The molecule has 0 aliphatic rings. The molecule has 0 aliphatic heterocycles.